The van der Waals surface area contributed by atoms with Crippen LogP contribution >= 0.6 is 24.8 Å². The van der Waals surface area contributed by atoms with E-state index in [1.54, 1.807) is 0 Å². The molecular formula is C41H48Cl2SiZr-4. The third-order valence-corrected chi connectivity index (χ3v) is 7.75. The second kappa shape index (κ2) is 18.8. The second-order valence-corrected chi connectivity index (χ2v) is 11.8. The summed E-state index contributed by atoms with van der Waals surface area (Å²) in [6, 6.07) is 33.9. The van der Waals surface area contributed by atoms with Gasteiger partial charge in [-0.15, -0.1) is 93.4 Å². The molecule has 238 valence electrons. The summed E-state index contributed by atoms with van der Waals surface area (Å²) in [5, 5.41) is 5.49. The van der Waals surface area contributed by atoms with Crippen molar-refractivity contribution in [2.75, 3.05) is 0 Å². The molecule has 0 bridgehead atoms. The maximum absolute atomic E-state index is 3.06. The molecule has 0 spiro atoms. The van der Waals surface area contributed by atoms with Crippen LogP contribution in [0.15, 0.2) is 91.0 Å². The average molecular weight is 731 g/mol. The van der Waals surface area contributed by atoms with Crippen LogP contribution in [0.2, 0.25) is 0 Å². The van der Waals surface area contributed by atoms with Gasteiger partial charge < -0.3 is 14.9 Å². The predicted molar refractivity (Wildman–Crippen MR) is 206 cm³/mol. The van der Waals surface area contributed by atoms with Crippen molar-refractivity contribution in [3.63, 3.8) is 0 Å². The topological polar surface area (TPSA) is 0 Å². The monoisotopic (exact) mass is 728 g/mol. The third-order valence-electron chi connectivity index (χ3n) is 7.75. The molecule has 0 unspecified atom stereocenters. The fourth-order valence-corrected chi connectivity index (χ4v) is 5.94. The van der Waals surface area contributed by atoms with Gasteiger partial charge in [0.2, 0.25) is 0 Å². The van der Waals surface area contributed by atoms with Crippen molar-refractivity contribution in [1.29, 1.82) is 0 Å². The van der Waals surface area contributed by atoms with Crippen LogP contribution in [0.1, 0.15) is 58.7 Å². The van der Waals surface area contributed by atoms with Crippen molar-refractivity contribution < 1.29 is 23.3 Å². The van der Waals surface area contributed by atoms with Crippen molar-refractivity contribution in [2.24, 2.45) is 0 Å². The van der Waals surface area contributed by atoms with Gasteiger partial charge in [-0.3, -0.25) is 0 Å². The van der Waals surface area contributed by atoms with E-state index in [9.17, 15) is 0 Å². The van der Waals surface area contributed by atoms with Crippen LogP contribution < -0.4 is 0 Å². The zero-order valence-corrected chi connectivity index (χ0v) is 33.6. The molecule has 4 heteroatoms. The summed E-state index contributed by atoms with van der Waals surface area (Å²) in [6.45, 7) is 20.6. The summed E-state index contributed by atoms with van der Waals surface area (Å²) in [5.74, 6) is 0.578. The number of aryl methyl sites for hydroxylation is 6. The molecule has 0 aromatic heterocycles. The van der Waals surface area contributed by atoms with Gasteiger partial charge in [0.05, 0.1) is 0 Å². The molecule has 6 aromatic rings. The van der Waals surface area contributed by atoms with Crippen LogP contribution in [0.5, 0.6) is 0 Å². The normalized spacial score (nSPS) is 9.87. The zero-order chi connectivity index (χ0) is 29.8. The third kappa shape index (κ3) is 10.1. The fourth-order valence-electron chi connectivity index (χ4n) is 5.94. The minimum atomic E-state index is 0. The van der Waals surface area contributed by atoms with Gasteiger partial charge in [-0.1, -0.05) is 110 Å². The van der Waals surface area contributed by atoms with Gasteiger partial charge in [0.1, 0.15) is 0 Å². The summed E-state index contributed by atoms with van der Waals surface area (Å²) in [4.78, 5) is 0. The number of halogens is 2. The molecule has 6 rings (SSSR count). The SMILES string of the molecule is Cc1cc(C)cc(-c2ccc(C)c3[cH-]c(C)cc23)c1.Cc1cc(C)cc(-c2cccc3[cH-]c(C(C)C)cc23)c1.Cl.Cl.[CH3-].[CH3-].[Si]=[Zr]. The average Bonchev–Trinajstić information content (AvgIpc) is 3.53. The van der Waals surface area contributed by atoms with Crippen molar-refractivity contribution in [3.8, 4) is 22.3 Å². The number of hydrogen-bond acceptors (Lipinski definition) is 0. The molecular weight excluding hydrogens is 683 g/mol. The Balaban J connectivity index is 0.000000753. The molecule has 0 fully saturated rings. The van der Waals surface area contributed by atoms with Crippen molar-refractivity contribution in [3.05, 3.63) is 145 Å². The van der Waals surface area contributed by atoms with Crippen LogP contribution in [0.25, 0.3) is 43.8 Å². The van der Waals surface area contributed by atoms with E-state index >= 15 is 0 Å². The first kappa shape index (κ1) is 42.8. The molecule has 0 saturated heterocycles. The van der Waals surface area contributed by atoms with Gasteiger partial charge in [-0.05, 0) is 44.7 Å². The van der Waals surface area contributed by atoms with Crippen molar-refractivity contribution in [1.82, 2.24) is 0 Å². The summed E-state index contributed by atoms with van der Waals surface area (Å²) in [7, 11) is 0. The first-order valence-corrected chi connectivity index (χ1v) is 18.6. The van der Waals surface area contributed by atoms with Gasteiger partial charge in [0.15, 0.2) is 0 Å². The predicted octanol–water partition coefficient (Wildman–Crippen LogP) is 12.8. The van der Waals surface area contributed by atoms with E-state index in [1.165, 1.54) is 106 Å². The first-order chi connectivity index (χ1) is 19.6. The molecule has 45 heavy (non-hydrogen) atoms. The Kier molecular flexibility index (Phi) is 17.9. The second-order valence-electron chi connectivity index (χ2n) is 11.8. The Labute approximate surface area is 302 Å². The van der Waals surface area contributed by atoms with Gasteiger partial charge in [-0.25, -0.2) is 0 Å². The Bertz CT molecular complexity index is 1780. The molecule has 0 aliphatic rings. The molecule has 0 aliphatic heterocycles. The van der Waals surface area contributed by atoms with Gasteiger partial charge in [0.25, 0.3) is 0 Å². The molecule has 0 amide bonds. The molecule has 0 saturated carbocycles. The Morgan fingerprint density at radius 2 is 1.07 bits per heavy atom. The minimum absolute atomic E-state index is 0. The number of hydrogen-bond donors (Lipinski definition) is 0. The van der Waals surface area contributed by atoms with Gasteiger partial charge in [0, 0.05) is 0 Å². The van der Waals surface area contributed by atoms with E-state index in [0.29, 0.717) is 5.92 Å². The Morgan fingerprint density at radius 1 is 0.578 bits per heavy atom. The molecule has 0 nitrogen and oxygen atoms in total. The van der Waals surface area contributed by atoms with Crippen LogP contribution in [-0.4, -0.2) is 6.88 Å². The van der Waals surface area contributed by atoms with Gasteiger partial charge in [-0.2, -0.15) is 12.1 Å². The van der Waals surface area contributed by atoms with Crippen molar-refractivity contribution in [2.45, 2.75) is 61.3 Å². The van der Waals surface area contributed by atoms with Crippen LogP contribution in [-0.2, 0) is 23.3 Å². The Hall–Kier alpha value is -2.22. The summed E-state index contributed by atoms with van der Waals surface area (Å²) in [5.41, 5.74) is 14.8. The Morgan fingerprint density at radius 3 is 1.56 bits per heavy atom. The van der Waals surface area contributed by atoms with Gasteiger partial charge >= 0.3 is 30.2 Å². The molecule has 0 N–H and O–H groups in total. The zero-order valence-electron chi connectivity index (χ0n) is 28.6. The molecule has 2 radical (unpaired) electrons. The molecule has 6 aromatic carbocycles. The number of benzene rings is 4. The van der Waals surface area contributed by atoms with E-state index in [0.717, 1.165) is 0 Å². The van der Waals surface area contributed by atoms with Crippen molar-refractivity contribution >= 4 is 53.2 Å². The summed E-state index contributed by atoms with van der Waals surface area (Å²) < 4.78 is 0. The summed E-state index contributed by atoms with van der Waals surface area (Å²) in [6.07, 6.45) is 0. The van der Waals surface area contributed by atoms with Crippen LogP contribution in [0.4, 0.5) is 0 Å². The van der Waals surface area contributed by atoms with E-state index in [4.69, 9.17) is 0 Å². The van der Waals surface area contributed by atoms with E-state index < -0.39 is 0 Å². The fraction of sp³-hybridized carbons (Fsp3) is 0.220. The van der Waals surface area contributed by atoms with Crippen LogP contribution in [0.3, 0.4) is 0 Å². The standard InChI is InChI=1S/C20H21.C19H19.2CH3.2ClH.Si.Zr/c1-13(2)17-11-16-6-5-7-19(20(16)12-17)18-9-14(3)8-15(4)10-18;1-12-7-13(2)9-16(8-12)17-6-5-15(4)18-10-14(3)11-19(17)18;;;;;;/h5-13H,1-4H3;5-11H,1-4H3;2*1H3;2*1H;;/q4*-1;;;;. The number of rotatable bonds is 3. The quantitative estimate of drug-likeness (QED) is 0.126. The number of fused-ring (bicyclic) bond motifs is 2. The summed E-state index contributed by atoms with van der Waals surface area (Å²) >= 11 is 1.36. The van der Waals surface area contributed by atoms with Crippen LogP contribution in [0, 0.1) is 56.4 Å². The molecule has 0 aliphatic carbocycles. The first-order valence-electron chi connectivity index (χ1n) is 14.4. The van der Waals surface area contributed by atoms with E-state index in [1.807, 2.05) is 0 Å². The maximum atomic E-state index is 3.06. The molecule has 0 atom stereocenters. The van der Waals surface area contributed by atoms with E-state index in [2.05, 4.69) is 153 Å². The molecule has 0 heterocycles. The van der Waals surface area contributed by atoms with E-state index in [-0.39, 0.29) is 39.7 Å².